The molecule has 216 valence electrons. The van der Waals surface area contributed by atoms with E-state index in [0.29, 0.717) is 42.1 Å². The quantitative estimate of drug-likeness (QED) is 0.281. The van der Waals surface area contributed by atoms with Crippen LogP contribution in [-0.2, 0) is 21.7 Å². The highest BCUT2D eigenvalue weighted by Crippen LogP contribution is 2.45. The average Bonchev–Trinajstić information content (AvgIpc) is 3.54. The van der Waals surface area contributed by atoms with Crippen molar-refractivity contribution in [2.75, 3.05) is 37.0 Å². The molecule has 2 aliphatic heterocycles. The van der Waals surface area contributed by atoms with E-state index in [-0.39, 0.29) is 24.3 Å². The molecule has 1 fully saturated rings. The third-order valence-corrected chi connectivity index (χ3v) is 8.24. The van der Waals surface area contributed by atoms with Crippen molar-refractivity contribution in [3.63, 3.8) is 0 Å². The second kappa shape index (κ2) is 12.3. The normalized spacial score (nSPS) is 22.1. The molecule has 4 N–H and O–H groups in total. The number of anilines is 2. The van der Waals surface area contributed by atoms with E-state index in [9.17, 15) is 19.8 Å². The van der Waals surface area contributed by atoms with E-state index >= 15 is 0 Å². The number of carbonyl (C=O) groups is 2. The first kappa shape index (κ1) is 28.7. The summed E-state index contributed by atoms with van der Waals surface area (Å²) in [6, 6.07) is 15.0. The molecular formula is C31H38N6O4. The Morgan fingerprint density at radius 2 is 2.07 bits per heavy atom. The third kappa shape index (κ3) is 5.81. The van der Waals surface area contributed by atoms with Gasteiger partial charge in [-0.1, -0.05) is 54.6 Å². The van der Waals surface area contributed by atoms with Gasteiger partial charge in [0, 0.05) is 43.5 Å². The molecule has 1 saturated heterocycles. The summed E-state index contributed by atoms with van der Waals surface area (Å²) >= 11 is 0. The van der Waals surface area contributed by atoms with Crippen LogP contribution < -0.4 is 15.5 Å². The number of aryl methyl sites for hydroxylation is 1. The first-order valence-corrected chi connectivity index (χ1v) is 14.2. The third-order valence-electron chi connectivity index (χ3n) is 8.24. The smallest absolute Gasteiger partial charge is 0.264 e. The van der Waals surface area contributed by atoms with Crippen molar-refractivity contribution in [2.24, 2.45) is 11.8 Å². The molecule has 10 nitrogen and oxygen atoms in total. The standard InChI is InChI=1S/C31H38N6O4/c1-21(9-6-7-16-37-19-27(34-35-37)25(20-38)22-10-4-3-5-11-22)31(41)26-17-24(13-14-28(26)36(2)30(31)40)33-29(39)23-12-8-15-32-18-23/h3-6,9-11,13-14,17,19,21,23,25,32,38,41H,7-8,12,15-16,18,20H2,1-2H3,(H,33,39)/b9-6+/t21-,23?,25?,31+/m0/s1. The van der Waals surface area contributed by atoms with Crippen molar-refractivity contribution in [1.82, 2.24) is 20.3 Å². The van der Waals surface area contributed by atoms with E-state index < -0.39 is 17.4 Å². The van der Waals surface area contributed by atoms with Crippen molar-refractivity contribution >= 4 is 23.2 Å². The van der Waals surface area contributed by atoms with Crippen LogP contribution in [0.3, 0.4) is 0 Å². The van der Waals surface area contributed by atoms with Gasteiger partial charge in [-0.15, -0.1) is 5.10 Å². The number of hydrogen-bond donors (Lipinski definition) is 4. The van der Waals surface area contributed by atoms with Crippen LogP contribution in [0.1, 0.15) is 48.9 Å². The first-order chi connectivity index (χ1) is 19.8. The van der Waals surface area contributed by atoms with E-state index in [1.165, 1.54) is 4.90 Å². The monoisotopic (exact) mass is 558 g/mol. The number of amides is 2. The Kier molecular flexibility index (Phi) is 8.63. The van der Waals surface area contributed by atoms with Gasteiger partial charge in [-0.2, -0.15) is 0 Å². The molecule has 41 heavy (non-hydrogen) atoms. The maximum atomic E-state index is 13.3. The number of fused-ring (bicyclic) bond motifs is 1. The molecule has 0 spiro atoms. The van der Waals surface area contributed by atoms with E-state index in [0.717, 1.165) is 24.9 Å². The van der Waals surface area contributed by atoms with Crippen LogP contribution in [0.4, 0.5) is 11.4 Å². The number of piperidine rings is 1. The minimum Gasteiger partial charge on any atom is -0.395 e. The molecule has 0 bridgehead atoms. The van der Waals surface area contributed by atoms with Gasteiger partial charge in [0.2, 0.25) is 5.91 Å². The highest BCUT2D eigenvalue weighted by molar-refractivity contribution is 6.07. The van der Waals surface area contributed by atoms with Gasteiger partial charge >= 0.3 is 0 Å². The van der Waals surface area contributed by atoms with E-state index in [1.807, 2.05) is 55.6 Å². The van der Waals surface area contributed by atoms with Crippen LogP contribution in [-0.4, -0.2) is 63.8 Å². The summed E-state index contributed by atoms with van der Waals surface area (Å²) < 4.78 is 1.73. The number of allylic oxidation sites excluding steroid dienone is 1. The van der Waals surface area contributed by atoms with Gasteiger partial charge < -0.3 is 25.7 Å². The summed E-state index contributed by atoms with van der Waals surface area (Å²) in [7, 11) is 1.65. The van der Waals surface area contributed by atoms with Crippen molar-refractivity contribution in [3.8, 4) is 0 Å². The number of rotatable bonds is 10. The van der Waals surface area contributed by atoms with Crippen LogP contribution in [0, 0.1) is 11.8 Å². The number of aliphatic hydroxyl groups is 2. The Bertz CT molecular complexity index is 1400. The van der Waals surface area contributed by atoms with Crippen LogP contribution in [0.15, 0.2) is 66.9 Å². The van der Waals surface area contributed by atoms with Gasteiger partial charge in [0.05, 0.1) is 29.8 Å². The second-order valence-electron chi connectivity index (χ2n) is 11.0. The second-order valence-corrected chi connectivity index (χ2v) is 11.0. The van der Waals surface area contributed by atoms with Crippen LogP contribution in [0.5, 0.6) is 0 Å². The lowest BCUT2D eigenvalue weighted by atomic mass is 9.82. The molecule has 2 aromatic carbocycles. The lowest BCUT2D eigenvalue weighted by Crippen LogP contribution is -2.43. The fraction of sp³-hybridized carbons (Fsp3) is 0.419. The molecule has 0 aliphatic carbocycles. The number of hydrogen-bond acceptors (Lipinski definition) is 7. The average molecular weight is 559 g/mol. The summed E-state index contributed by atoms with van der Waals surface area (Å²) in [5, 5.41) is 36.4. The van der Waals surface area contributed by atoms with Crippen molar-refractivity contribution < 1.29 is 19.8 Å². The van der Waals surface area contributed by atoms with Crippen molar-refractivity contribution in [3.05, 3.63) is 83.7 Å². The minimum absolute atomic E-state index is 0.0586. The number of aliphatic hydroxyl groups excluding tert-OH is 1. The fourth-order valence-electron chi connectivity index (χ4n) is 5.74. The van der Waals surface area contributed by atoms with Crippen molar-refractivity contribution in [1.29, 1.82) is 0 Å². The summed E-state index contributed by atoms with van der Waals surface area (Å²) in [4.78, 5) is 27.5. The molecule has 3 aromatic rings. The molecule has 0 radical (unpaired) electrons. The van der Waals surface area contributed by atoms with Crippen molar-refractivity contribution in [2.45, 2.75) is 44.2 Å². The lowest BCUT2D eigenvalue weighted by molar-refractivity contribution is -0.139. The molecule has 10 heteroatoms. The molecule has 5 rings (SSSR count). The zero-order valence-electron chi connectivity index (χ0n) is 23.5. The number of nitrogens with zero attached hydrogens (tertiary/aromatic N) is 4. The van der Waals surface area contributed by atoms with Gasteiger partial charge in [0.15, 0.2) is 5.60 Å². The SMILES string of the molecule is C[C@@H](/C=C/CCn1cc(C(CO)c2ccccc2)nn1)[C@]1(O)C(=O)N(C)c2ccc(NC(=O)C3CCCNC3)cc21. The van der Waals surface area contributed by atoms with E-state index in [2.05, 4.69) is 20.9 Å². The number of benzene rings is 2. The van der Waals surface area contributed by atoms with Gasteiger partial charge in [0.25, 0.3) is 5.91 Å². The molecule has 1 aromatic heterocycles. The van der Waals surface area contributed by atoms with Gasteiger partial charge in [-0.25, -0.2) is 0 Å². The van der Waals surface area contributed by atoms with Gasteiger partial charge in [-0.05, 0) is 49.6 Å². The predicted octanol–water partition coefficient (Wildman–Crippen LogP) is 2.79. The van der Waals surface area contributed by atoms with Crippen LogP contribution >= 0.6 is 0 Å². The largest absolute Gasteiger partial charge is 0.395 e. The Hall–Kier alpha value is -3.86. The van der Waals surface area contributed by atoms with E-state index in [4.69, 9.17) is 0 Å². The van der Waals surface area contributed by atoms with Crippen LogP contribution in [0.25, 0.3) is 0 Å². The fourth-order valence-corrected chi connectivity index (χ4v) is 5.74. The lowest BCUT2D eigenvalue weighted by Gasteiger charge is -2.27. The zero-order valence-corrected chi connectivity index (χ0v) is 23.5. The molecule has 3 heterocycles. The Balaban J connectivity index is 1.25. The maximum Gasteiger partial charge on any atom is 0.264 e. The number of nitrogens with one attached hydrogen (secondary N) is 2. The highest BCUT2D eigenvalue weighted by Gasteiger charge is 2.51. The summed E-state index contributed by atoms with van der Waals surface area (Å²) in [5.41, 5.74) is 1.60. The minimum atomic E-state index is -1.75. The molecule has 2 aliphatic rings. The molecule has 0 saturated carbocycles. The topological polar surface area (TPSA) is 133 Å². The maximum absolute atomic E-state index is 13.3. The molecular weight excluding hydrogens is 520 g/mol. The summed E-state index contributed by atoms with van der Waals surface area (Å²) in [6.07, 6.45) is 8.02. The Labute approximate surface area is 240 Å². The number of carbonyl (C=O) groups excluding carboxylic acids is 2. The Morgan fingerprint density at radius 3 is 2.80 bits per heavy atom. The molecule has 2 unspecified atom stereocenters. The van der Waals surface area contributed by atoms with E-state index in [1.54, 1.807) is 29.9 Å². The Morgan fingerprint density at radius 1 is 1.27 bits per heavy atom. The molecule has 4 atom stereocenters. The summed E-state index contributed by atoms with van der Waals surface area (Å²) in [5.74, 6) is -1.32. The summed E-state index contributed by atoms with van der Waals surface area (Å²) in [6.45, 7) is 3.88. The van der Waals surface area contributed by atoms with Gasteiger partial charge in [0.1, 0.15) is 0 Å². The predicted molar refractivity (Wildman–Crippen MR) is 156 cm³/mol. The first-order valence-electron chi connectivity index (χ1n) is 14.2. The number of aromatic nitrogens is 3. The molecule has 2 amide bonds. The number of likely N-dealkylation sites (N-methyl/N-ethyl adjacent to an activating group) is 1. The van der Waals surface area contributed by atoms with Gasteiger partial charge in [-0.3, -0.25) is 14.3 Å². The zero-order chi connectivity index (χ0) is 29.0. The highest BCUT2D eigenvalue weighted by atomic mass is 16.3. The van der Waals surface area contributed by atoms with Crippen LogP contribution in [0.2, 0.25) is 0 Å².